The first-order chi connectivity index (χ1) is 8.58. The molecule has 4 heteroatoms. The number of benzene rings is 1. The van der Waals surface area contributed by atoms with E-state index in [2.05, 4.69) is 42.1 Å². The molecule has 3 aromatic rings. The molecule has 2 aromatic heterocycles. The number of nitrogen functional groups attached to an aromatic ring is 1. The van der Waals surface area contributed by atoms with E-state index in [1.54, 1.807) is 6.20 Å². The molecule has 0 fully saturated rings. The van der Waals surface area contributed by atoms with Crippen LogP contribution in [0.2, 0.25) is 0 Å². The van der Waals surface area contributed by atoms with Crippen molar-refractivity contribution in [3.63, 3.8) is 0 Å². The molecule has 18 heavy (non-hydrogen) atoms. The molecule has 0 saturated carbocycles. The van der Waals surface area contributed by atoms with Gasteiger partial charge in [-0.25, -0.2) is 0 Å². The highest BCUT2D eigenvalue weighted by Crippen LogP contribution is 2.35. The number of aromatic amines is 1. The lowest BCUT2D eigenvalue weighted by Gasteiger charge is -2.04. The van der Waals surface area contributed by atoms with Crippen molar-refractivity contribution >= 4 is 16.6 Å². The van der Waals surface area contributed by atoms with Gasteiger partial charge in [0.1, 0.15) is 0 Å². The Morgan fingerprint density at radius 2 is 2.06 bits per heavy atom. The van der Waals surface area contributed by atoms with Crippen LogP contribution >= 0.6 is 0 Å². The number of fused-ring (bicyclic) bond motifs is 1. The number of aryl methyl sites for hydroxylation is 3. The molecule has 92 valence electrons. The van der Waals surface area contributed by atoms with Gasteiger partial charge in [0.2, 0.25) is 0 Å². The second-order valence-electron chi connectivity index (χ2n) is 4.75. The summed E-state index contributed by atoms with van der Waals surface area (Å²) < 4.78 is 1.82. The number of aromatic nitrogens is 3. The highest BCUT2D eigenvalue weighted by molar-refractivity contribution is 5.99. The molecule has 0 unspecified atom stereocenters. The van der Waals surface area contributed by atoms with E-state index in [1.807, 2.05) is 11.7 Å². The number of hydrogen-bond acceptors (Lipinski definition) is 2. The quantitative estimate of drug-likeness (QED) is 0.687. The first kappa shape index (κ1) is 10.9. The van der Waals surface area contributed by atoms with Crippen LogP contribution in [-0.2, 0) is 7.05 Å². The fraction of sp³-hybridized carbons (Fsp3) is 0.214. The summed E-state index contributed by atoms with van der Waals surface area (Å²) in [5.74, 6) is 0. The van der Waals surface area contributed by atoms with Crippen LogP contribution in [-0.4, -0.2) is 14.8 Å². The standard InChI is InChI=1S/C14H16N4/c1-8-4-5-10-12(6-8)17-9(2)13(10)14-11(15)7-16-18(14)3/h4-7,17H,15H2,1-3H3. The molecular formula is C14H16N4. The molecule has 0 aliphatic carbocycles. The summed E-state index contributed by atoms with van der Waals surface area (Å²) in [6, 6.07) is 6.40. The number of nitrogens with one attached hydrogen (secondary N) is 1. The highest BCUT2D eigenvalue weighted by Gasteiger charge is 2.16. The third-order valence-electron chi connectivity index (χ3n) is 3.35. The Bertz CT molecular complexity index is 714. The average molecular weight is 240 g/mol. The number of H-pyrrole nitrogens is 1. The van der Waals surface area contributed by atoms with Gasteiger partial charge < -0.3 is 10.7 Å². The predicted molar refractivity (Wildman–Crippen MR) is 74.4 cm³/mol. The number of rotatable bonds is 1. The second kappa shape index (κ2) is 3.63. The van der Waals surface area contributed by atoms with E-state index < -0.39 is 0 Å². The Balaban J connectivity index is 2.39. The fourth-order valence-corrected chi connectivity index (χ4v) is 2.51. The van der Waals surface area contributed by atoms with Gasteiger partial charge >= 0.3 is 0 Å². The van der Waals surface area contributed by atoms with Crippen molar-refractivity contribution in [3.8, 4) is 11.3 Å². The summed E-state index contributed by atoms with van der Waals surface area (Å²) in [6.07, 6.45) is 1.70. The van der Waals surface area contributed by atoms with Crippen LogP contribution in [0, 0.1) is 13.8 Å². The Labute approximate surface area is 105 Å². The van der Waals surface area contributed by atoms with Crippen LogP contribution in [0.25, 0.3) is 22.2 Å². The van der Waals surface area contributed by atoms with Crippen LogP contribution in [0.4, 0.5) is 5.69 Å². The zero-order valence-corrected chi connectivity index (χ0v) is 10.8. The Morgan fingerprint density at radius 3 is 2.72 bits per heavy atom. The van der Waals surface area contributed by atoms with Crippen molar-refractivity contribution in [2.75, 3.05) is 5.73 Å². The molecule has 0 radical (unpaired) electrons. The Hall–Kier alpha value is -2.23. The van der Waals surface area contributed by atoms with Crippen molar-refractivity contribution in [1.29, 1.82) is 0 Å². The van der Waals surface area contributed by atoms with Crippen LogP contribution in [0.3, 0.4) is 0 Å². The molecule has 0 spiro atoms. The van der Waals surface area contributed by atoms with Crippen LogP contribution in [0.1, 0.15) is 11.3 Å². The molecule has 3 rings (SSSR count). The minimum absolute atomic E-state index is 0.710. The smallest absolute Gasteiger partial charge is 0.0932 e. The van der Waals surface area contributed by atoms with Crippen molar-refractivity contribution in [1.82, 2.24) is 14.8 Å². The van der Waals surface area contributed by atoms with E-state index in [0.29, 0.717) is 5.69 Å². The molecule has 2 heterocycles. The molecule has 4 nitrogen and oxygen atoms in total. The molecular weight excluding hydrogens is 224 g/mol. The van der Waals surface area contributed by atoms with Crippen LogP contribution in [0.5, 0.6) is 0 Å². The lowest BCUT2D eigenvalue weighted by atomic mass is 10.1. The van der Waals surface area contributed by atoms with Crippen molar-refractivity contribution in [2.24, 2.45) is 7.05 Å². The van der Waals surface area contributed by atoms with E-state index in [4.69, 9.17) is 5.73 Å². The third-order valence-corrected chi connectivity index (χ3v) is 3.35. The lowest BCUT2D eigenvalue weighted by molar-refractivity contribution is 0.776. The molecule has 0 aliphatic rings. The summed E-state index contributed by atoms with van der Waals surface area (Å²) in [7, 11) is 1.91. The van der Waals surface area contributed by atoms with Gasteiger partial charge in [-0.05, 0) is 25.5 Å². The zero-order chi connectivity index (χ0) is 12.9. The molecule has 0 aliphatic heterocycles. The molecule has 0 bridgehead atoms. The normalized spacial score (nSPS) is 11.3. The van der Waals surface area contributed by atoms with Gasteiger partial charge in [-0.2, -0.15) is 5.10 Å². The highest BCUT2D eigenvalue weighted by atomic mass is 15.3. The van der Waals surface area contributed by atoms with E-state index in [1.165, 1.54) is 10.9 Å². The maximum absolute atomic E-state index is 6.03. The van der Waals surface area contributed by atoms with Gasteiger partial charge in [0.15, 0.2) is 0 Å². The van der Waals surface area contributed by atoms with Crippen LogP contribution in [0.15, 0.2) is 24.4 Å². The average Bonchev–Trinajstić information content (AvgIpc) is 2.79. The summed E-state index contributed by atoms with van der Waals surface area (Å²) in [4.78, 5) is 3.41. The molecule has 1 aromatic carbocycles. The Morgan fingerprint density at radius 1 is 1.28 bits per heavy atom. The second-order valence-corrected chi connectivity index (χ2v) is 4.75. The molecule has 3 N–H and O–H groups in total. The molecule has 0 amide bonds. The number of anilines is 1. The zero-order valence-electron chi connectivity index (χ0n) is 10.8. The summed E-state index contributed by atoms with van der Waals surface area (Å²) in [6.45, 7) is 4.16. The first-order valence-electron chi connectivity index (χ1n) is 5.94. The Kier molecular flexibility index (Phi) is 2.20. The van der Waals surface area contributed by atoms with Gasteiger partial charge in [-0.1, -0.05) is 12.1 Å². The predicted octanol–water partition coefficient (Wildman–Crippen LogP) is 2.77. The number of nitrogens with zero attached hydrogens (tertiary/aromatic N) is 2. The maximum atomic E-state index is 6.03. The maximum Gasteiger partial charge on any atom is 0.0932 e. The topological polar surface area (TPSA) is 59.6 Å². The fourth-order valence-electron chi connectivity index (χ4n) is 2.51. The first-order valence-corrected chi connectivity index (χ1v) is 5.94. The summed E-state index contributed by atoms with van der Waals surface area (Å²) in [5, 5.41) is 5.40. The van der Waals surface area contributed by atoms with Gasteiger partial charge in [0.05, 0.1) is 17.6 Å². The number of nitrogens with two attached hydrogens (primary N) is 1. The largest absolute Gasteiger partial charge is 0.396 e. The lowest BCUT2D eigenvalue weighted by Crippen LogP contribution is -1.96. The third kappa shape index (κ3) is 1.42. The van der Waals surface area contributed by atoms with Gasteiger partial charge in [-0.15, -0.1) is 0 Å². The van der Waals surface area contributed by atoms with Crippen molar-refractivity contribution in [2.45, 2.75) is 13.8 Å². The minimum atomic E-state index is 0.710. The number of hydrogen-bond donors (Lipinski definition) is 2. The van der Waals surface area contributed by atoms with Gasteiger partial charge in [-0.3, -0.25) is 4.68 Å². The van der Waals surface area contributed by atoms with Gasteiger partial charge in [0, 0.05) is 29.2 Å². The molecule has 0 atom stereocenters. The van der Waals surface area contributed by atoms with E-state index in [-0.39, 0.29) is 0 Å². The van der Waals surface area contributed by atoms with E-state index >= 15 is 0 Å². The van der Waals surface area contributed by atoms with Gasteiger partial charge in [0.25, 0.3) is 0 Å². The molecule has 0 saturated heterocycles. The SMILES string of the molecule is Cc1ccc2c(-c3c(N)cnn3C)c(C)[nH]c2c1. The van der Waals surface area contributed by atoms with E-state index in [9.17, 15) is 0 Å². The summed E-state index contributed by atoms with van der Waals surface area (Å²) >= 11 is 0. The minimum Gasteiger partial charge on any atom is -0.396 e. The monoisotopic (exact) mass is 240 g/mol. The van der Waals surface area contributed by atoms with Crippen molar-refractivity contribution in [3.05, 3.63) is 35.7 Å². The van der Waals surface area contributed by atoms with Crippen LogP contribution < -0.4 is 5.73 Å². The van der Waals surface area contributed by atoms with E-state index in [0.717, 1.165) is 22.5 Å². The van der Waals surface area contributed by atoms with Crippen molar-refractivity contribution < 1.29 is 0 Å². The summed E-state index contributed by atoms with van der Waals surface area (Å²) in [5.41, 5.74) is 12.4.